The lowest BCUT2D eigenvalue weighted by Crippen LogP contribution is -2.17. The average molecular weight is 302 g/mol. The first kappa shape index (κ1) is 14.8. The average Bonchev–Trinajstić information content (AvgIpc) is 2.46. The lowest BCUT2D eigenvalue weighted by Gasteiger charge is -2.19. The Labute approximate surface area is 127 Å². The highest BCUT2D eigenvalue weighted by Gasteiger charge is 2.18. The highest BCUT2D eigenvalue weighted by molar-refractivity contribution is 6.30. The van der Waals surface area contributed by atoms with E-state index in [-0.39, 0.29) is 5.69 Å². The van der Waals surface area contributed by atoms with Gasteiger partial charge in [-0.1, -0.05) is 23.7 Å². The molecule has 0 unspecified atom stereocenters. The lowest BCUT2D eigenvalue weighted by atomic mass is 10.1. The van der Waals surface area contributed by atoms with Crippen LogP contribution in [-0.4, -0.2) is 12.0 Å². The van der Waals surface area contributed by atoms with Crippen molar-refractivity contribution in [2.24, 2.45) is 0 Å². The predicted octanol–water partition coefficient (Wildman–Crippen LogP) is 3.76. The minimum Gasteiger partial charge on any atom is -0.365 e. The van der Waals surface area contributed by atoms with Crippen LogP contribution < -0.4 is 4.90 Å². The van der Waals surface area contributed by atoms with Gasteiger partial charge in [-0.3, -0.25) is 10.1 Å². The summed E-state index contributed by atoms with van der Waals surface area (Å²) in [5, 5.41) is 20.7. The van der Waals surface area contributed by atoms with Gasteiger partial charge >= 0.3 is 0 Å². The molecule has 0 amide bonds. The van der Waals surface area contributed by atoms with Crippen LogP contribution in [0.2, 0.25) is 5.02 Å². The molecule has 0 aliphatic carbocycles. The third-order valence-electron chi connectivity index (χ3n) is 3.02. The molecule has 0 N–H and O–H groups in total. The van der Waals surface area contributed by atoms with Crippen LogP contribution in [0.4, 0.5) is 11.4 Å². The van der Waals surface area contributed by atoms with E-state index >= 15 is 0 Å². The molecule has 6 heteroatoms. The van der Waals surface area contributed by atoms with Crippen LogP contribution in [0.15, 0.2) is 42.5 Å². The second-order valence-electron chi connectivity index (χ2n) is 4.56. The normalized spacial score (nSPS) is 9.95. The van der Waals surface area contributed by atoms with Crippen LogP contribution in [0.1, 0.15) is 11.1 Å². The molecule has 0 spiro atoms. The van der Waals surface area contributed by atoms with Crippen LogP contribution >= 0.6 is 11.6 Å². The monoisotopic (exact) mass is 301 g/mol. The summed E-state index contributed by atoms with van der Waals surface area (Å²) in [7, 11) is 1.74. The first-order chi connectivity index (χ1) is 10.0. The second kappa shape index (κ2) is 6.25. The Kier molecular flexibility index (Phi) is 4.41. The van der Waals surface area contributed by atoms with Gasteiger partial charge in [-0.25, -0.2) is 0 Å². The zero-order valence-corrected chi connectivity index (χ0v) is 12.0. The fourth-order valence-corrected chi connectivity index (χ4v) is 2.26. The zero-order chi connectivity index (χ0) is 15.4. The van der Waals surface area contributed by atoms with Crippen LogP contribution in [0.3, 0.4) is 0 Å². The molecule has 21 heavy (non-hydrogen) atoms. The Bertz CT molecular complexity index is 725. The summed E-state index contributed by atoms with van der Waals surface area (Å²) in [4.78, 5) is 12.4. The summed E-state index contributed by atoms with van der Waals surface area (Å²) in [5.41, 5.74) is 1.69. The van der Waals surface area contributed by atoms with Crippen LogP contribution in [0.25, 0.3) is 0 Å². The number of hydrogen-bond acceptors (Lipinski definition) is 4. The summed E-state index contributed by atoms with van der Waals surface area (Å²) in [6.07, 6.45) is 0. The summed E-state index contributed by atoms with van der Waals surface area (Å²) >= 11 is 5.93. The van der Waals surface area contributed by atoms with Crippen molar-refractivity contribution < 1.29 is 4.92 Å². The number of nitro groups is 1. The van der Waals surface area contributed by atoms with Crippen molar-refractivity contribution in [1.82, 2.24) is 0 Å². The summed E-state index contributed by atoms with van der Waals surface area (Å²) in [6, 6.07) is 13.6. The molecular weight excluding hydrogens is 290 g/mol. The van der Waals surface area contributed by atoms with E-state index in [2.05, 4.69) is 0 Å². The standard InChI is InChI=1S/C15H12ClN3O2/c1-18(10-12-3-2-4-13(16)7-12)15-8-11(9-17)5-6-14(15)19(20)21/h2-8H,10H2,1H3. The van der Waals surface area contributed by atoms with E-state index in [4.69, 9.17) is 16.9 Å². The van der Waals surface area contributed by atoms with Gasteiger partial charge in [-0.2, -0.15) is 5.26 Å². The third kappa shape index (κ3) is 3.50. The Morgan fingerprint density at radius 1 is 1.33 bits per heavy atom. The van der Waals surface area contributed by atoms with Crippen molar-refractivity contribution in [3.05, 3.63) is 68.7 Å². The van der Waals surface area contributed by atoms with E-state index in [1.165, 1.54) is 18.2 Å². The number of hydrogen-bond donors (Lipinski definition) is 0. The molecule has 2 aromatic rings. The minimum atomic E-state index is -0.453. The number of nitriles is 1. The lowest BCUT2D eigenvalue weighted by molar-refractivity contribution is -0.384. The molecule has 0 aliphatic rings. The highest BCUT2D eigenvalue weighted by Crippen LogP contribution is 2.29. The molecule has 0 aliphatic heterocycles. The number of nitrogens with zero attached hydrogens (tertiary/aromatic N) is 3. The van der Waals surface area contributed by atoms with Crippen LogP contribution in [-0.2, 0) is 6.54 Å². The fraction of sp³-hybridized carbons (Fsp3) is 0.133. The minimum absolute atomic E-state index is 0.0291. The largest absolute Gasteiger partial charge is 0.365 e. The molecule has 0 aromatic heterocycles. The van der Waals surface area contributed by atoms with Crippen LogP contribution in [0.5, 0.6) is 0 Å². The summed E-state index contributed by atoms with van der Waals surface area (Å²) in [5.74, 6) is 0. The van der Waals surface area contributed by atoms with E-state index < -0.39 is 4.92 Å². The molecule has 0 heterocycles. The maximum absolute atomic E-state index is 11.1. The van der Waals surface area contributed by atoms with E-state index in [0.29, 0.717) is 22.8 Å². The Morgan fingerprint density at radius 2 is 2.10 bits per heavy atom. The molecule has 0 saturated heterocycles. The van der Waals surface area contributed by atoms with E-state index in [9.17, 15) is 10.1 Å². The van der Waals surface area contributed by atoms with Crippen molar-refractivity contribution >= 4 is 23.0 Å². The van der Waals surface area contributed by atoms with E-state index in [1.807, 2.05) is 18.2 Å². The van der Waals surface area contributed by atoms with Gasteiger partial charge in [-0.15, -0.1) is 0 Å². The number of halogens is 1. The molecule has 5 nitrogen and oxygen atoms in total. The molecule has 0 atom stereocenters. The highest BCUT2D eigenvalue weighted by atomic mass is 35.5. The maximum atomic E-state index is 11.1. The van der Waals surface area contributed by atoms with E-state index in [1.54, 1.807) is 24.1 Å². The fourth-order valence-electron chi connectivity index (χ4n) is 2.05. The Morgan fingerprint density at radius 3 is 2.71 bits per heavy atom. The van der Waals surface area contributed by atoms with Gasteiger partial charge in [0.1, 0.15) is 5.69 Å². The van der Waals surface area contributed by atoms with Crippen molar-refractivity contribution in [3.8, 4) is 6.07 Å². The molecule has 0 saturated carbocycles. The molecule has 106 valence electrons. The number of benzene rings is 2. The van der Waals surface area contributed by atoms with Gasteiger partial charge < -0.3 is 4.90 Å². The topological polar surface area (TPSA) is 70.2 Å². The smallest absolute Gasteiger partial charge is 0.292 e. The van der Waals surface area contributed by atoms with Gasteiger partial charge in [0, 0.05) is 24.7 Å². The van der Waals surface area contributed by atoms with Crippen molar-refractivity contribution in [1.29, 1.82) is 5.26 Å². The Balaban J connectivity index is 2.35. The molecule has 2 aromatic carbocycles. The first-order valence-electron chi connectivity index (χ1n) is 6.15. The summed E-state index contributed by atoms with van der Waals surface area (Å²) < 4.78 is 0. The first-order valence-corrected chi connectivity index (χ1v) is 6.53. The Hall–Kier alpha value is -2.58. The molecule has 2 rings (SSSR count). The summed E-state index contributed by atoms with van der Waals surface area (Å²) in [6.45, 7) is 0.455. The van der Waals surface area contributed by atoms with Crippen LogP contribution in [0, 0.1) is 21.4 Å². The van der Waals surface area contributed by atoms with Gasteiger partial charge in [0.05, 0.1) is 16.6 Å². The van der Waals surface area contributed by atoms with Gasteiger partial charge in [0.15, 0.2) is 0 Å². The van der Waals surface area contributed by atoms with Crippen molar-refractivity contribution in [2.75, 3.05) is 11.9 Å². The quantitative estimate of drug-likeness (QED) is 0.637. The zero-order valence-electron chi connectivity index (χ0n) is 11.3. The molecule has 0 fully saturated rings. The number of nitro benzene ring substituents is 1. The SMILES string of the molecule is CN(Cc1cccc(Cl)c1)c1cc(C#N)ccc1[N+](=O)[O-]. The molecule has 0 bridgehead atoms. The van der Waals surface area contributed by atoms with Crippen molar-refractivity contribution in [2.45, 2.75) is 6.54 Å². The molecular formula is C15H12ClN3O2. The van der Waals surface area contributed by atoms with Gasteiger partial charge in [-0.05, 0) is 29.8 Å². The molecule has 0 radical (unpaired) electrons. The van der Waals surface area contributed by atoms with Gasteiger partial charge in [0.2, 0.25) is 0 Å². The van der Waals surface area contributed by atoms with Crippen molar-refractivity contribution in [3.63, 3.8) is 0 Å². The van der Waals surface area contributed by atoms with Gasteiger partial charge in [0.25, 0.3) is 5.69 Å². The number of rotatable bonds is 4. The maximum Gasteiger partial charge on any atom is 0.292 e. The number of anilines is 1. The predicted molar refractivity (Wildman–Crippen MR) is 81.4 cm³/mol. The van der Waals surface area contributed by atoms with E-state index in [0.717, 1.165) is 5.56 Å². The second-order valence-corrected chi connectivity index (χ2v) is 4.99. The third-order valence-corrected chi connectivity index (χ3v) is 3.26.